The Morgan fingerprint density at radius 2 is 1.68 bits per heavy atom. The van der Waals surface area contributed by atoms with Crippen molar-refractivity contribution in [1.82, 2.24) is 0 Å². The molecule has 0 saturated carbocycles. The average Bonchev–Trinajstić information content (AvgIpc) is 2.47. The summed E-state index contributed by atoms with van der Waals surface area (Å²) in [7, 11) is 1.64. The van der Waals surface area contributed by atoms with E-state index < -0.39 is 0 Å². The van der Waals surface area contributed by atoms with Crippen LogP contribution in [-0.4, -0.2) is 13.0 Å². The van der Waals surface area contributed by atoms with Gasteiger partial charge < -0.3 is 9.64 Å². The predicted octanol–water partition coefficient (Wildman–Crippen LogP) is 2.78. The second kappa shape index (κ2) is 4.76. The van der Waals surface area contributed by atoms with E-state index in [1.165, 1.54) is 5.56 Å². The van der Waals surface area contributed by atoms with Crippen molar-refractivity contribution in [1.29, 1.82) is 0 Å². The Morgan fingerprint density at radius 3 is 2.37 bits per heavy atom. The molecule has 0 bridgehead atoms. The second-order valence-electron chi connectivity index (χ2n) is 4.62. The van der Waals surface area contributed by atoms with Crippen molar-refractivity contribution in [3.8, 4) is 5.75 Å². The van der Waals surface area contributed by atoms with E-state index in [0.717, 1.165) is 17.0 Å². The standard InChI is InChI=1S/C16H15NO2/c1-19-15-8-6-14(7-9-15)17-11-13-5-3-2-4-12(13)10-16(17)18/h2-9H,10-11H2,1H3. The quantitative estimate of drug-likeness (QED) is 0.823. The number of methoxy groups -OCH3 is 1. The van der Waals surface area contributed by atoms with Crippen molar-refractivity contribution in [3.05, 3.63) is 59.7 Å². The molecule has 0 fully saturated rings. The number of hydrogen-bond donors (Lipinski definition) is 0. The van der Waals surface area contributed by atoms with E-state index in [4.69, 9.17) is 4.74 Å². The molecule has 0 saturated heterocycles. The zero-order chi connectivity index (χ0) is 13.2. The van der Waals surface area contributed by atoms with Gasteiger partial charge in [0.2, 0.25) is 5.91 Å². The van der Waals surface area contributed by atoms with Gasteiger partial charge in [-0.05, 0) is 35.4 Å². The van der Waals surface area contributed by atoms with Crippen LogP contribution in [0.3, 0.4) is 0 Å². The summed E-state index contributed by atoms with van der Waals surface area (Å²) in [6.45, 7) is 0.640. The highest BCUT2D eigenvalue weighted by atomic mass is 16.5. The number of hydrogen-bond acceptors (Lipinski definition) is 2. The van der Waals surface area contributed by atoms with Gasteiger partial charge in [0.1, 0.15) is 5.75 Å². The van der Waals surface area contributed by atoms with E-state index in [9.17, 15) is 4.79 Å². The second-order valence-corrected chi connectivity index (χ2v) is 4.62. The maximum absolute atomic E-state index is 12.2. The fraction of sp³-hybridized carbons (Fsp3) is 0.188. The first-order valence-corrected chi connectivity index (χ1v) is 6.29. The summed E-state index contributed by atoms with van der Waals surface area (Å²) in [6, 6.07) is 15.7. The Balaban J connectivity index is 1.91. The van der Waals surface area contributed by atoms with Crippen LogP contribution in [0.2, 0.25) is 0 Å². The summed E-state index contributed by atoms with van der Waals surface area (Å²) in [4.78, 5) is 14.0. The summed E-state index contributed by atoms with van der Waals surface area (Å²) in [5.74, 6) is 0.942. The van der Waals surface area contributed by atoms with Crippen LogP contribution in [0.4, 0.5) is 5.69 Å². The van der Waals surface area contributed by atoms with Crippen LogP contribution >= 0.6 is 0 Å². The van der Waals surface area contributed by atoms with Crippen molar-refractivity contribution < 1.29 is 9.53 Å². The van der Waals surface area contributed by atoms with Gasteiger partial charge in [-0.25, -0.2) is 0 Å². The van der Waals surface area contributed by atoms with E-state index in [1.54, 1.807) is 7.11 Å². The van der Waals surface area contributed by atoms with Gasteiger partial charge in [-0.1, -0.05) is 24.3 Å². The molecule has 0 spiro atoms. The highest BCUT2D eigenvalue weighted by Crippen LogP contribution is 2.26. The SMILES string of the molecule is COc1ccc(N2Cc3ccccc3CC2=O)cc1. The Bertz CT molecular complexity index is 604. The predicted molar refractivity (Wildman–Crippen MR) is 74.3 cm³/mol. The number of carbonyl (C=O) groups excluding carboxylic acids is 1. The van der Waals surface area contributed by atoms with Gasteiger partial charge in [0, 0.05) is 5.69 Å². The number of fused-ring (bicyclic) bond motifs is 1. The van der Waals surface area contributed by atoms with E-state index in [2.05, 4.69) is 6.07 Å². The molecule has 3 rings (SSSR count). The van der Waals surface area contributed by atoms with Gasteiger partial charge in [0.15, 0.2) is 0 Å². The highest BCUT2D eigenvalue weighted by Gasteiger charge is 2.23. The molecule has 1 amide bonds. The molecule has 2 aromatic rings. The van der Waals surface area contributed by atoms with E-state index in [1.807, 2.05) is 47.4 Å². The molecule has 3 nitrogen and oxygen atoms in total. The molecular formula is C16H15NO2. The maximum atomic E-state index is 12.2. The molecule has 0 N–H and O–H groups in total. The van der Waals surface area contributed by atoms with Crippen molar-refractivity contribution >= 4 is 11.6 Å². The monoisotopic (exact) mass is 253 g/mol. The molecule has 0 radical (unpaired) electrons. The zero-order valence-corrected chi connectivity index (χ0v) is 10.8. The fourth-order valence-corrected chi connectivity index (χ4v) is 2.40. The molecule has 2 aromatic carbocycles. The number of anilines is 1. The number of amides is 1. The molecule has 0 unspecified atom stereocenters. The van der Waals surface area contributed by atoms with E-state index >= 15 is 0 Å². The molecule has 0 aromatic heterocycles. The Labute approximate surface area is 112 Å². The van der Waals surface area contributed by atoms with Crippen molar-refractivity contribution in [3.63, 3.8) is 0 Å². The molecule has 1 aliphatic heterocycles. The van der Waals surface area contributed by atoms with E-state index in [-0.39, 0.29) is 5.91 Å². The average molecular weight is 253 g/mol. The molecule has 96 valence electrons. The third kappa shape index (κ3) is 2.19. The van der Waals surface area contributed by atoms with Crippen molar-refractivity contribution in [2.24, 2.45) is 0 Å². The zero-order valence-electron chi connectivity index (χ0n) is 10.8. The Kier molecular flexibility index (Phi) is 2.95. The van der Waals surface area contributed by atoms with Crippen LogP contribution in [0.1, 0.15) is 11.1 Å². The molecule has 0 atom stereocenters. The van der Waals surface area contributed by atoms with Crippen LogP contribution in [0, 0.1) is 0 Å². The third-order valence-electron chi connectivity index (χ3n) is 3.47. The van der Waals surface area contributed by atoms with Crippen molar-refractivity contribution in [2.45, 2.75) is 13.0 Å². The van der Waals surface area contributed by atoms with Gasteiger partial charge in [-0.3, -0.25) is 4.79 Å². The maximum Gasteiger partial charge on any atom is 0.231 e. The topological polar surface area (TPSA) is 29.5 Å². The number of carbonyl (C=O) groups is 1. The smallest absolute Gasteiger partial charge is 0.231 e. The Morgan fingerprint density at radius 1 is 1.00 bits per heavy atom. The molecule has 1 aliphatic rings. The lowest BCUT2D eigenvalue weighted by molar-refractivity contribution is -0.118. The summed E-state index contributed by atoms with van der Waals surface area (Å²) < 4.78 is 5.14. The highest BCUT2D eigenvalue weighted by molar-refractivity contribution is 5.96. The largest absolute Gasteiger partial charge is 0.497 e. The van der Waals surface area contributed by atoms with Crippen LogP contribution in [0.15, 0.2) is 48.5 Å². The van der Waals surface area contributed by atoms with Crippen LogP contribution in [0.25, 0.3) is 0 Å². The minimum atomic E-state index is 0.142. The number of ether oxygens (including phenoxy) is 1. The van der Waals surface area contributed by atoms with Crippen LogP contribution in [-0.2, 0) is 17.8 Å². The van der Waals surface area contributed by atoms with E-state index in [0.29, 0.717) is 13.0 Å². The Hall–Kier alpha value is -2.29. The first kappa shape index (κ1) is 11.8. The third-order valence-corrected chi connectivity index (χ3v) is 3.47. The van der Waals surface area contributed by atoms with Crippen LogP contribution < -0.4 is 9.64 Å². The first-order chi connectivity index (χ1) is 9.28. The van der Waals surface area contributed by atoms with Crippen molar-refractivity contribution in [2.75, 3.05) is 12.0 Å². The minimum absolute atomic E-state index is 0.142. The lowest BCUT2D eigenvalue weighted by atomic mass is 9.99. The lowest BCUT2D eigenvalue weighted by Crippen LogP contribution is -2.36. The number of benzene rings is 2. The van der Waals surface area contributed by atoms with Gasteiger partial charge in [0.05, 0.1) is 20.1 Å². The molecule has 1 heterocycles. The molecular weight excluding hydrogens is 238 g/mol. The molecule has 19 heavy (non-hydrogen) atoms. The summed E-state index contributed by atoms with van der Waals surface area (Å²) in [5.41, 5.74) is 3.27. The normalized spacial score (nSPS) is 14.2. The summed E-state index contributed by atoms with van der Waals surface area (Å²) in [6.07, 6.45) is 0.474. The first-order valence-electron chi connectivity index (χ1n) is 6.29. The van der Waals surface area contributed by atoms with Crippen LogP contribution in [0.5, 0.6) is 5.75 Å². The summed E-state index contributed by atoms with van der Waals surface area (Å²) in [5, 5.41) is 0. The van der Waals surface area contributed by atoms with Gasteiger partial charge in [-0.15, -0.1) is 0 Å². The van der Waals surface area contributed by atoms with Gasteiger partial charge in [0.25, 0.3) is 0 Å². The fourth-order valence-electron chi connectivity index (χ4n) is 2.40. The molecule has 0 aliphatic carbocycles. The summed E-state index contributed by atoms with van der Waals surface area (Å²) >= 11 is 0. The molecule has 3 heteroatoms. The minimum Gasteiger partial charge on any atom is -0.497 e. The lowest BCUT2D eigenvalue weighted by Gasteiger charge is -2.28. The van der Waals surface area contributed by atoms with Gasteiger partial charge in [-0.2, -0.15) is 0 Å². The number of nitrogens with zero attached hydrogens (tertiary/aromatic N) is 1. The van der Waals surface area contributed by atoms with Gasteiger partial charge >= 0.3 is 0 Å². The number of rotatable bonds is 2.